The Morgan fingerprint density at radius 1 is 1.50 bits per heavy atom. The molecule has 1 unspecified atom stereocenters. The van der Waals surface area contributed by atoms with Crippen LogP contribution in [-0.4, -0.2) is 27.1 Å². The van der Waals surface area contributed by atoms with Crippen LogP contribution in [0.4, 0.5) is 5.95 Å². The van der Waals surface area contributed by atoms with E-state index >= 15 is 0 Å². The van der Waals surface area contributed by atoms with Crippen molar-refractivity contribution in [2.24, 2.45) is 5.73 Å². The van der Waals surface area contributed by atoms with E-state index in [0.717, 1.165) is 5.56 Å². The summed E-state index contributed by atoms with van der Waals surface area (Å²) in [6.45, 7) is 0. The fraction of sp³-hybridized carbons (Fsp3) is 0.375. The third-order valence-corrected chi connectivity index (χ3v) is 1.79. The predicted octanol–water partition coefficient (Wildman–Crippen LogP) is -0.597. The van der Waals surface area contributed by atoms with E-state index in [4.69, 9.17) is 16.6 Å². The molecule has 0 bridgehead atoms. The molecule has 0 saturated carbocycles. The highest BCUT2D eigenvalue weighted by Crippen LogP contribution is 2.02. The van der Waals surface area contributed by atoms with E-state index in [-0.39, 0.29) is 5.95 Å². The Balaban J connectivity index is 2.46. The first-order chi connectivity index (χ1) is 6.59. The summed E-state index contributed by atoms with van der Waals surface area (Å²) < 4.78 is 0. The van der Waals surface area contributed by atoms with Crippen LogP contribution in [0, 0.1) is 0 Å². The maximum absolute atomic E-state index is 10.4. The molecule has 0 radical (unpaired) electrons. The zero-order chi connectivity index (χ0) is 10.6. The summed E-state index contributed by atoms with van der Waals surface area (Å²) in [6.07, 6.45) is 4.03. The van der Waals surface area contributed by atoms with Crippen molar-refractivity contribution in [2.75, 3.05) is 5.73 Å². The Hall–Kier alpha value is -1.69. The largest absolute Gasteiger partial charge is 0.480 e. The molecule has 6 heteroatoms. The zero-order valence-corrected chi connectivity index (χ0v) is 7.55. The van der Waals surface area contributed by atoms with Gasteiger partial charge in [-0.25, -0.2) is 9.97 Å². The third-order valence-electron chi connectivity index (χ3n) is 1.79. The van der Waals surface area contributed by atoms with Gasteiger partial charge in [0, 0.05) is 12.4 Å². The molecule has 0 fully saturated rings. The van der Waals surface area contributed by atoms with E-state index in [0.29, 0.717) is 12.8 Å². The highest BCUT2D eigenvalue weighted by Gasteiger charge is 2.10. The van der Waals surface area contributed by atoms with Gasteiger partial charge in [-0.3, -0.25) is 4.79 Å². The number of nitrogen functional groups attached to an aromatic ring is 1. The van der Waals surface area contributed by atoms with Gasteiger partial charge >= 0.3 is 5.97 Å². The molecular formula is C8H12N4O2. The molecule has 5 N–H and O–H groups in total. The quantitative estimate of drug-likeness (QED) is 0.592. The van der Waals surface area contributed by atoms with Crippen molar-refractivity contribution in [1.82, 2.24) is 9.97 Å². The average molecular weight is 196 g/mol. The molecule has 0 aliphatic carbocycles. The molecule has 0 aliphatic heterocycles. The summed E-state index contributed by atoms with van der Waals surface area (Å²) in [5.74, 6) is -0.794. The van der Waals surface area contributed by atoms with Gasteiger partial charge in [-0.15, -0.1) is 0 Å². The predicted molar refractivity (Wildman–Crippen MR) is 50.4 cm³/mol. The molecule has 6 nitrogen and oxygen atoms in total. The smallest absolute Gasteiger partial charge is 0.320 e. The number of aliphatic carboxylic acids is 1. The van der Waals surface area contributed by atoms with Gasteiger partial charge in [0.25, 0.3) is 0 Å². The lowest BCUT2D eigenvalue weighted by atomic mass is 10.1. The Bertz CT molecular complexity index is 312. The van der Waals surface area contributed by atoms with Gasteiger partial charge in [-0.1, -0.05) is 0 Å². The SMILES string of the molecule is Nc1ncc(CCC(N)C(=O)O)cn1. The lowest BCUT2D eigenvalue weighted by molar-refractivity contribution is -0.138. The van der Waals surface area contributed by atoms with E-state index in [2.05, 4.69) is 9.97 Å². The van der Waals surface area contributed by atoms with Gasteiger partial charge in [0.05, 0.1) is 0 Å². The minimum atomic E-state index is -0.999. The van der Waals surface area contributed by atoms with Gasteiger partial charge in [0.2, 0.25) is 5.95 Å². The summed E-state index contributed by atoms with van der Waals surface area (Å²) in [4.78, 5) is 18.0. The van der Waals surface area contributed by atoms with E-state index in [1.807, 2.05) is 0 Å². The van der Waals surface area contributed by atoms with Crippen molar-refractivity contribution in [3.05, 3.63) is 18.0 Å². The fourth-order valence-corrected chi connectivity index (χ4v) is 0.940. The van der Waals surface area contributed by atoms with Crippen molar-refractivity contribution in [3.8, 4) is 0 Å². The molecule has 1 heterocycles. The number of carboxylic acid groups (broad SMARTS) is 1. The molecule has 0 amide bonds. The van der Waals surface area contributed by atoms with Crippen molar-refractivity contribution < 1.29 is 9.90 Å². The maximum Gasteiger partial charge on any atom is 0.320 e. The molecule has 0 aliphatic rings. The van der Waals surface area contributed by atoms with Crippen LogP contribution in [0.25, 0.3) is 0 Å². The molecule has 1 aromatic rings. The number of rotatable bonds is 4. The van der Waals surface area contributed by atoms with Crippen LogP contribution in [0.5, 0.6) is 0 Å². The second kappa shape index (κ2) is 4.52. The lowest BCUT2D eigenvalue weighted by Gasteiger charge is -2.05. The van der Waals surface area contributed by atoms with Crippen molar-refractivity contribution in [2.45, 2.75) is 18.9 Å². The number of aromatic nitrogens is 2. The molecule has 14 heavy (non-hydrogen) atoms. The molecule has 1 aromatic heterocycles. The monoisotopic (exact) mass is 196 g/mol. The molecule has 1 atom stereocenters. The molecule has 1 rings (SSSR count). The van der Waals surface area contributed by atoms with Crippen LogP contribution in [0.1, 0.15) is 12.0 Å². The number of carbonyl (C=O) groups is 1. The molecule has 0 saturated heterocycles. The van der Waals surface area contributed by atoms with Gasteiger partial charge in [-0.2, -0.15) is 0 Å². The van der Waals surface area contributed by atoms with E-state index in [1.54, 1.807) is 12.4 Å². The number of hydrogen-bond donors (Lipinski definition) is 3. The number of nitrogens with two attached hydrogens (primary N) is 2. The minimum absolute atomic E-state index is 0.205. The van der Waals surface area contributed by atoms with Crippen LogP contribution < -0.4 is 11.5 Å². The highest BCUT2D eigenvalue weighted by atomic mass is 16.4. The van der Waals surface area contributed by atoms with Gasteiger partial charge < -0.3 is 16.6 Å². The van der Waals surface area contributed by atoms with Gasteiger partial charge in [-0.05, 0) is 18.4 Å². The van der Waals surface area contributed by atoms with Gasteiger partial charge in [0.1, 0.15) is 6.04 Å². The highest BCUT2D eigenvalue weighted by molar-refractivity contribution is 5.73. The van der Waals surface area contributed by atoms with E-state index in [1.165, 1.54) is 0 Å². The summed E-state index contributed by atoms with van der Waals surface area (Å²) in [5, 5.41) is 8.53. The number of aryl methyl sites for hydroxylation is 1. The second-order valence-corrected chi connectivity index (χ2v) is 2.93. The zero-order valence-electron chi connectivity index (χ0n) is 7.55. The van der Waals surface area contributed by atoms with Crippen molar-refractivity contribution >= 4 is 11.9 Å². The van der Waals surface area contributed by atoms with Crippen LogP contribution in [-0.2, 0) is 11.2 Å². The van der Waals surface area contributed by atoms with Crippen LogP contribution in [0.2, 0.25) is 0 Å². The first kappa shape index (κ1) is 10.4. The van der Waals surface area contributed by atoms with E-state index in [9.17, 15) is 4.79 Å². The fourth-order valence-electron chi connectivity index (χ4n) is 0.940. The second-order valence-electron chi connectivity index (χ2n) is 2.93. The Kier molecular flexibility index (Phi) is 3.35. The summed E-state index contributed by atoms with van der Waals surface area (Å²) in [5.41, 5.74) is 11.4. The average Bonchev–Trinajstić information content (AvgIpc) is 2.16. The number of nitrogens with zero attached hydrogens (tertiary/aromatic N) is 2. The Morgan fingerprint density at radius 3 is 2.57 bits per heavy atom. The van der Waals surface area contributed by atoms with Crippen molar-refractivity contribution in [3.63, 3.8) is 0 Å². The number of carboxylic acids is 1. The first-order valence-corrected chi connectivity index (χ1v) is 4.14. The standard InChI is InChI=1S/C8H12N4O2/c9-6(7(13)14)2-1-5-3-11-8(10)12-4-5/h3-4,6H,1-2,9H2,(H,13,14)(H2,10,11,12). The Labute approximate surface area is 81.0 Å². The summed E-state index contributed by atoms with van der Waals surface area (Å²) >= 11 is 0. The van der Waals surface area contributed by atoms with Crippen LogP contribution in [0.3, 0.4) is 0 Å². The molecule has 0 spiro atoms. The molecule has 0 aromatic carbocycles. The van der Waals surface area contributed by atoms with Gasteiger partial charge in [0.15, 0.2) is 0 Å². The molecular weight excluding hydrogens is 184 g/mol. The van der Waals surface area contributed by atoms with Crippen LogP contribution in [0.15, 0.2) is 12.4 Å². The van der Waals surface area contributed by atoms with E-state index < -0.39 is 12.0 Å². The lowest BCUT2D eigenvalue weighted by Crippen LogP contribution is -2.30. The normalized spacial score (nSPS) is 12.4. The maximum atomic E-state index is 10.4. The van der Waals surface area contributed by atoms with Crippen molar-refractivity contribution in [1.29, 1.82) is 0 Å². The summed E-state index contributed by atoms with van der Waals surface area (Å²) in [6, 6.07) is -0.840. The summed E-state index contributed by atoms with van der Waals surface area (Å²) in [7, 11) is 0. The number of hydrogen-bond acceptors (Lipinski definition) is 5. The van der Waals surface area contributed by atoms with Crippen LogP contribution >= 0.6 is 0 Å². The first-order valence-electron chi connectivity index (χ1n) is 4.14. The third kappa shape index (κ3) is 2.98. The topological polar surface area (TPSA) is 115 Å². The number of anilines is 1. The minimum Gasteiger partial charge on any atom is -0.480 e. The molecule has 76 valence electrons. The Morgan fingerprint density at radius 2 is 2.07 bits per heavy atom.